The van der Waals surface area contributed by atoms with Crippen LogP contribution in [0.4, 0.5) is 4.39 Å². The molecular formula is C36H39FN4O6. The average Bonchev–Trinajstić information content (AvgIpc) is 3.07. The molecule has 0 spiro atoms. The predicted octanol–water partition coefficient (Wildman–Crippen LogP) is 5.77. The van der Waals surface area contributed by atoms with Crippen LogP contribution >= 0.6 is 0 Å². The standard InChI is InChI=1S/C29H32FN3O4.C7H7NO2/c30-22-17-27(28(35)32-23-6-2-1-3-7-23)29(31-18-22)37-25-8-4-5-20(16-25)26-10-9-24(34)15-21(26)19-33-11-13-36-14-12-33;8-7(10)5-1-3-6(9)4-2-5/h4-5,8-10,15-18,23,34H,1-3,6-7,11-14,19H2,(H,32,35);1-4,9H,(H2,8,10). The molecule has 1 saturated heterocycles. The van der Waals surface area contributed by atoms with Crippen LogP contribution in [0.2, 0.25) is 0 Å². The number of hydrogen-bond donors (Lipinski definition) is 4. The molecule has 1 saturated carbocycles. The predicted molar refractivity (Wildman–Crippen MR) is 175 cm³/mol. The summed E-state index contributed by atoms with van der Waals surface area (Å²) in [7, 11) is 0. The van der Waals surface area contributed by atoms with Crippen LogP contribution < -0.4 is 15.8 Å². The summed E-state index contributed by atoms with van der Waals surface area (Å²) in [6.45, 7) is 3.74. The van der Waals surface area contributed by atoms with Gasteiger partial charge in [-0.2, -0.15) is 0 Å². The monoisotopic (exact) mass is 642 g/mol. The minimum Gasteiger partial charge on any atom is -0.508 e. The van der Waals surface area contributed by atoms with Gasteiger partial charge in [0.05, 0.1) is 19.4 Å². The molecule has 1 aliphatic carbocycles. The van der Waals surface area contributed by atoms with Gasteiger partial charge in [0.15, 0.2) is 0 Å². The maximum absolute atomic E-state index is 14.0. The van der Waals surface area contributed by atoms with Crippen LogP contribution in [0.15, 0.2) is 79.0 Å². The molecule has 5 N–H and O–H groups in total. The molecule has 2 aliphatic rings. The van der Waals surface area contributed by atoms with Gasteiger partial charge in [-0.05, 0) is 84.1 Å². The number of halogens is 1. The fourth-order valence-corrected chi connectivity index (χ4v) is 5.64. The van der Waals surface area contributed by atoms with E-state index in [2.05, 4.69) is 15.2 Å². The number of nitrogens with two attached hydrogens (primary N) is 1. The number of benzene rings is 3. The quantitative estimate of drug-likeness (QED) is 0.189. The van der Waals surface area contributed by atoms with Gasteiger partial charge < -0.3 is 30.7 Å². The Balaban J connectivity index is 0.000000371. The fraction of sp³-hybridized carbons (Fsp3) is 0.306. The lowest BCUT2D eigenvalue weighted by atomic mass is 9.95. The SMILES string of the molecule is NC(=O)c1ccc(O)cc1.O=C(NC1CCCCC1)c1cc(F)cnc1Oc1cccc(-c2ccc(O)cc2CN2CCOCC2)c1. The smallest absolute Gasteiger partial charge is 0.257 e. The first-order valence-corrected chi connectivity index (χ1v) is 15.7. The summed E-state index contributed by atoms with van der Waals surface area (Å²) in [4.78, 5) is 29.8. The molecule has 246 valence electrons. The zero-order chi connectivity index (χ0) is 33.2. The number of pyridine rings is 1. The van der Waals surface area contributed by atoms with E-state index in [0.29, 0.717) is 31.1 Å². The third-order valence-electron chi connectivity index (χ3n) is 8.10. The number of hydrogen-bond acceptors (Lipinski definition) is 8. The van der Waals surface area contributed by atoms with Crippen molar-refractivity contribution in [3.63, 3.8) is 0 Å². The number of amides is 2. The number of nitrogens with zero attached hydrogens (tertiary/aromatic N) is 2. The van der Waals surface area contributed by atoms with Crippen LogP contribution in [-0.4, -0.2) is 64.3 Å². The number of carbonyl (C=O) groups is 2. The van der Waals surface area contributed by atoms with Crippen molar-refractivity contribution in [2.24, 2.45) is 5.73 Å². The first kappa shape index (κ1) is 33.4. The fourth-order valence-electron chi connectivity index (χ4n) is 5.64. The molecule has 3 aromatic carbocycles. The van der Waals surface area contributed by atoms with Crippen LogP contribution in [0.5, 0.6) is 23.1 Å². The second-order valence-corrected chi connectivity index (χ2v) is 11.6. The van der Waals surface area contributed by atoms with Crippen LogP contribution in [0.1, 0.15) is 58.4 Å². The van der Waals surface area contributed by atoms with Gasteiger partial charge in [-0.25, -0.2) is 9.37 Å². The van der Waals surface area contributed by atoms with Gasteiger partial charge in [-0.15, -0.1) is 0 Å². The van der Waals surface area contributed by atoms with Crippen LogP contribution in [0.25, 0.3) is 11.1 Å². The molecule has 4 aromatic rings. The molecule has 0 atom stereocenters. The number of phenols is 2. The van der Waals surface area contributed by atoms with E-state index in [1.807, 2.05) is 24.3 Å². The van der Waals surface area contributed by atoms with Gasteiger partial charge in [0.2, 0.25) is 11.8 Å². The molecule has 2 fully saturated rings. The van der Waals surface area contributed by atoms with Crippen LogP contribution in [0.3, 0.4) is 0 Å². The Hall–Kier alpha value is -5.00. The third-order valence-corrected chi connectivity index (χ3v) is 8.10. The third kappa shape index (κ3) is 9.50. The number of primary amides is 1. The van der Waals surface area contributed by atoms with Gasteiger partial charge in [-0.1, -0.05) is 37.5 Å². The summed E-state index contributed by atoms with van der Waals surface area (Å²) in [6.07, 6.45) is 6.23. The van der Waals surface area contributed by atoms with E-state index in [-0.39, 0.29) is 34.9 Å². The van der Waals surface area contributed by atoms with Crippen molar-refractivity contribution in [1.82, 2.24) is 15.2 Å². The minimum atomic E-state index is -0.591. The maximum Gasteiger partial charge on any atom is 0.257 e. The van der Waals surface area contributed by atoms with Crippen LogP contribution in [0, 0.1) is 5.82 Å². The molecule has 0 bridgehead atoms. The van der Waals surface area contributed by atoms with E-state index in [1.54, 1.807) is 18.2 Å². The molecular weight excluding hydrogens is 603 g/mol. The Bertz CT molecular complexity index is 1670. The van der Waals surface area contributed by atoms with Gasteiger partial charge in [-0.3, -0.25) is 14.5 Å². The molecule has 1 aromatic heterocycles. The van der Waals surface area contributed by atoms with Gasteiger partial charge in [0.25, 0.3) is 5.91 Å². The van der Waals surface area contributed by atoms with Crippen molar-refractivity contribution >= 4 is 11.8 Å². The summed E-state index contributed by atoms with van der Waals surface area (Å²) < 4.78 is 25.5. The number of rotatable bonds is 8. The van der Waals surface area contributed by atoms with E-state index in [1.165, 1.54) is 36.8 Å². The Morgan fingerprint density at radius 3 is 2.40 bits per heavy atom. The molecule has 6 rings (SSSR count). The molecule has 47 heavy (non-hydrogen) atoms. The van der Waals surface area contributed by atoms with Crippen LogP contribution in [-0.2, 0) is 11.3 Å². The molecule has 11 heteroatoms. The first-order chi connectivity index (χ1) is 22.7. The van der Waals surface area contributed by atoms with E-state index in [0.717, 1.165) is 61.7 Å². The maximum atomic E-state index is 14.0. The number of ether oxygens (including phenoxy) is 2. The number of aromatic nitrogens is 1. The lowest BCUT2D eigenvalue weighted by Gasteiger charge is -2.27. The van der Waals surface area contributed by atoms with Crippen molar-refractivity contribution in [3.05, 3.63) is 102 Å². The first-order valence-electron chi connectivity index (χ1n) is 15.7. The number of nitrogens with one attached hydrogen (secondary N) is 1. The summed E-state index contributed by atoms with van der Waals surface area (Å²) in [5.41, 5.74) is 8.28. The van der Waals surface area contributed by atoms with Gasteiger partial charge >= 0.3 is 0 Å². The Labute approximate surface area is 273 Å². The zero-order valence-electron chi connectivity index (χ0n) is 26.0. The van der Waals surface area contributed by atoms with Gasteiger partial charge in [0, 0.05) is 31.2 Å². The summed E-state index contributed by atoms with van der Waals surface area (Å²) in [6, 6.07) is 19.8. The van der Waals surface area contributed by atoms with Gasteiger partial charge in [0.1, 0.15) is 28.6 Å². The van der Waals surface area contributed by atoms with Crippen molar-refractivity contribution in [1.29, 1.82) is 0 Å². The molecule has 1 aliphatic heterocycles. The van der Waals surface area contributed by atoms with Crippen molar-refractivity contribution in [3.8, 4) is 34.3 Å². The number of morpholine rings is 1. The van der Waals surface area contributed by atoms with Crippen molar-refractivity contribution in [2.45, 2.75) is 44.7 Å². The number of aromatic hydroxyl groups is 2. The Morgan fingerprint density at radius 2 is 1.68 bits per heavy atom. The molecule has 0 radical (unpaired) electrons. The highest BCUT2D eigenvalue weighted by molar-refractivity contribution is 5.96. The molecule has 10 nitrogen and oxygen atoms in total. The largest absolute Gasteiger partial charge is 0.508 e. The summed E-state index contributed by atoms with van der Waals surface area (Å²) >= 11 is 0. The average molecular weight is 643 g/mol. The van der Waals surface area contributed by atoms with E-state index >= 15 is 0 Å². The summed E-state index contributed by atoms with van der Waals surface area (Å²) in [5.74, 6) is -0.573. The Morgan fingerprint density at radius 1 is 0.957 bits per heavy atom. The second kappa shape index (κ2) is 16.0. The highest BCUT2D eigenvalue weighted by Gasteiger charge is 2.22. The Kier molecular flexibility index (Phi) is 11.4. The molecule has 0 unspecified atom stereocenters. The van der Waals surface area contributed by atoms with Crippen molar-refractivity contribution < 1.29 is 33.7 Å². The van der Waals surface area contributed by atoms with E-state index in [9.17, 15) is 19.1 Å². The van der Waals surface area contributed by atoms with E-state index in [4.69, 9.17) is 20.3 Å². The highest BCUT2D eigenvalue weighted by Crippen LogP contribution is 2.33. The molecule has 2 amide bonds. The second-order valence-electron chi connectivity index (χ2n) is 11.6. The topological polar surface area (TPSA) is 147 Å². The highest BCUT2D eigenvalue weighted by atomic mass is 19.1. The lowest BCUT2D eigenvalue weighted by Crippen LogP contribution is -2.36. The summed E-state index contributed by atoms with van der Waals surface area (Å²) in [5, 5.41) is 21.9. The normalized spacial score (nSPS) is 15.3. The molecule has 2 heterocycles. The number of carbonyl (C=O) groups excluding carboxylic acids is 2. The zero-order valence-corrected chi connectivity index (χ0v) is 26.0. The number of phenolic OH excluding ortho intramolecular Hbond substituents is 2. The minimum absolute atomic E-state index is 0.0612. The van der Waals surface area contributed by atoms with E-state index < -0.39 is 11.7 Å². The lowest BCUT2D eigenvalue weighted by molar-refractivity contribution is 0.0342. The van der Waals surface area contributed by atoms with Crippen molar-refractivity contribution in [2.75, 3.05) is 26.3 Å².